The van der Waals surface area contributed by atoms with Gasteiger partial charge in [0, 0.05) is 0 Å². The maximum absolute atomic E-state index is 9.53. The number of aliphatic hydroxyl groups is 14. The maximum atomic E-state index is 9.53. The third-order valence-electron chi connectivity index (χ3n) is 12.2. The third kappa shape index (κ3) is 58.3. The molecule has 14 N–H and O–H groups in total. The summed E-state index contributed by atoms with van der Waals surface area (Å²) in [5.41, 5.74) is -1.74. The average molecular weight is 1020 g/mol. The highest BCUT2D eigenvalue weighted by Gasteiger charge is 2.27. The minimum atomic E-state index is -0.885. The standard InChI is InChI=1S/7C8H18O2/c1-7(2)4-3-5-8(10)6-9;1-4-7(9)8(10)5-6(2)3;1-4-5-7(9)8(10)6(2)3;1-4-6-8(3,10)7(9)5-2;1-4-6(3)8(10)7(9)5-2;1-3-4-5-7(2)8(10)6-9;1-3-4-5-6-8(2,10)7-9/h7-10H,3-6H2,1-2H3;2*6-10H,4-5H2,1-3H3;7,9-10H,4-6H2,1-3H3;6-10H,4-5H2,1-3H3;7-10H,3-6H2,1-2H3;9-10H,3-7H2,1-2H3. The van der Waals surface area contributed by atoms with Crippen molar-refractivity contribution < 1.29 is 71.5 Å². The lowest BCUT2D eigenvalue weighted by Gasteiger charge is -2.27. The highest BCUT2D eigenvalue weighted by atomic mass is 16.4. The zero-order valence-corrected chi connectivity index (χ0v) is 48.9. The van der Waals surface area contributed by atoms with Crippen molar-refractivity contribution in [2.45, 2.75) is 313 Å². The van der Waals surface area contributed by atoms with E-state index < -0.39 is 66.1 Å². The molecule has 434 valence electrons. The Bertz CT molecular complexity index is 976. The number of hydrogen-bond acceptors (Lipinski definition) is 14. The van der Waals surface area contributed by atoms with Gasteiger partial charge in [0.1, 0.15) is 0 Å². The van der Waals surface area contributed by atoms with Crippen molar-refractivity contribution in [3.8, 4) is 0 Å². The molecular formula is C56H126O14. The Labute approximate surface area is 432 Å². The molecule has 0 rings (SSSR count). The van der Waals surface area contributed by atoms with Gasteiger partial charge in [-0.1, -0.05) is 175 Å². The molecule has 14 nitrogen and oxygen atoms in total. The van der Waals surface area contributed by atoms with Gasteiger partial charge < -0.3 is 71.5 Å². The summed E-state index contributed by atoms with van der Waals surface area (Å²) in [5.74, 6) is 1.75. The lowest BCUT2D eigenvalue weighted by molar-refractivity contribution is -0.0682. The van der Waals surface area contributed by atoms with E-state index in [1.54, 1.807) is 13.8 Å². The molecule has 0 aromatic rings. The van der Waals surface area contributed by atoms with Crippen molar-refractivity contribution in [3.63, 3.8) is 0 Å². The summed E-state index contributed by atoms with van der Waals surface area (Å²) >= 11 is 0. The zero-order chi connectivity index (χ0) is 56.6. The fourth-order valence-electron chi connectivity index (χ4n) is 6.38. The van der Waals surface area contributed by atoms with Gasteiger partial charge in [-0.2, -0.15) is 0 Å². The van der Waals surface area contributed by atoms with Crippen molar-refractivity contribution >= 4 is 0 Å². The van der Waals surface area contributed by atoms with Gasteiger partial charge in [0.05, 0.1) is 86.0 Å². The van der Waals surface area contributed by atoms with Crippen molar-refractivity contribution in [1.82, 2.24) is 0 Å². The van der Waals surface area contributed by atoms with Gasteiger partial charge in [0.15, 0.2) is 0 Å². The van der Waals surface area contributed by atoms with Gasteiger partial charge in [-0.15, -0.1) is 0 Å². The third-order valence-corrected chi connectivity index (χ3v) is 12.2. The highest BCUT2D eigenvalue weighted by Crippen LogP contribution is 2.19. The van der Waals surface area contributed by atoms with Crippen LogP contribution < -0.4 is 0 Å². The Hall–Kier alpha value is -0.560. The summed E-state index contributed by atoms with van der Waals surface area (Å²) in [6, 6.07) is 0. The van der Waals surface area contributed by atoms with Crippen LogP contribution in [0.25, 0.3) is 0 Å². The van der Waals surface area contributed by atoms with E-state index in [2.05, 4.69) is 27.7 Å². The normalized spacial score (nSPS) is 17.5. The summed E-state index contributed by atoms with van der Waals surface area (Å²) < 4.78 is 0. The Morgan fingerprint density at radius 1 is 0.400 bits per heavy atom. The van der Waals surface area contributed by atoms with Gasteiger partial charge in [0.2, 0.25) is 0 Å². The van der Waals surface area contributed by atoms with Crippen LogP contribution in [-0.2, 0) is 0 Å². The number of rotatable bonds is 31. The van der Waals surface area contributed by atoms with Gasteiger partial charge in [0.25, 0.3) is 0 Å². The van der Waals surface area contributed by atoms with E-state index in [0.29, 0.717) is 56.8 Å². The topological polar surface area (TPSA) is 283 Å². The van der Waals surface area contributed by atoms with Crippen LogP contribution in [0.1, 0.15) is 247 Å². The molecule has 13 unspecified atom stereocenters. The van der Waals surface area contributed by atoms with Crippen LogP contribution in [-0.4, -0.2) is 157 Å². The average Bonchev–Trinajstić information content (AvgIpc) is 3.32. The van der Waals surface area contributed by atoms with Crippen LogP contribution in [0.2, 0.25) is 0 Å². The predicted molar refractivity (Wildman–Crippen MR) is 293 cm³/mol. The Morgan fingerprint density at radius 2 is 0.914 bits per heavy atom. The van der Waals surface area contributed by atoms with Gasteiger partial charge in [-0.05, 0) is 101 Å². The van der Waals surface area contributed by atoms with E-state index in [-0.39, 0.29) is 37.6 Å². The molecule has 70 heavy (non-hydrogen) atoms. The first-order valence-corrected chi connectivity index (χ1v) is 27.7. The summed E-state index contributed by atoms with van der Waals surface area (Å²) in [5, 5.41) is 127. The second-order valence-electron chi connectivity index (χ2n) is 21.3. The molecule has 0 radical (unpaired) electrons. The number of aliphatic hydroxyl groups excluding tert-OH is 12. The van der Waals surface area contributed by atoms with Crippen molar-refractivity contribution in [3.05, 3.63) is 0 Å². The second-order valence-corrected chi connectivity index (χ2v) is 21.3. The van der Waals surface area contributed by atoms with E-state index in [9.17, 15) is 40.9 Å². The molecule has 0 bridgehead atoms. The number of unbranched alkanes of at least 4 members (excludes halogenated alkanes) is 3. The number of hydrogen-bond donors (Lipinski definition) is 14. The SMILES string of the molecule is CC(C)CCCC(O)CO.CCC(C)C(O)C(O)CC.CCC(O)C(O)CC(C)C.CCCC(C)(O)C(O)CC.CCCC(O)C(O)C(C)C.CCCCC(C)C(O)CO.CCCCCC(C)(O)CO. The molecule has 0 aliphatic carbocycles. The van der Waals surface area contributed by atoms with E-state index in [1.807, 2.05) is 83.1 Å². The van der Waals surface area contributed by atoms with Crippen LogP contribution in [0, 0.1) is 29.6 Å². The molecule has 0 aromatic carbocycles. The maximum Gasteiger partial charge on any atom is 0.0877 e. The van der Waals surface area contributed by atoms with Crippen LogP contribution >= 0.6 is 0 Å². The lowest BCUT2D eigenvalue weighted by atomic mass is 9.92. The molecule has 0 saturated heterocycles. The first-order chi connectivity index (χ1) is 32.3. The molecule has 0 amide bonds. The molecule has 0 aromatic heterocycles. The fraction of sp³-hybridized carbons (Fsp3) is 1.00. The summed E-state index contributed by atoms with van der Waals surface area (Å²) in [4.78, 5) is 0. The molecule has 0 fully saturated rings. The molecule has 14 heteroatoms. The zero-order valence-electron chi connectivity index (χ0n) is 48.9. The molecule has 0 aliphatic rings. The van der Waals surface area contributed by atoms with E-state index in [1.165, 1.54) is 0 Å². The highest BCUT2D eigenvalue weighted by molar-refractivity contribution is 4.79. The van der Waals surface area contributed by atoms with E-state index in [0.717, 1.165) is 77.0 Å². The van der Waals surface area contributed by atoms with Gasteiger partial charge >= 0.3 is 0 Å². The largest absolute Gasteiger partial charge is 0.394 e. The fourth-order valence-corrected chi connectivity index (χ4v) is 6.38. The van der Waals surface area contributed by atoms with Crippen LogP contribution in [0.5, 0.6) is 0 Å². The first kappa shape index (κ1) is 83.4. The molecule has 0 saturated carbocycles. The molecule has 0 spiro atoms. The van der Waals surface area contributed by atoms with Crippen LogP contribution in [0.4, 0.5) is 0 Å². The van der Waals surface area contributed by atoms with E-state index in [4.69, 9.17) is 30.6 Å². The van der Waals surface area contributed by atoms with Crippen LogP contribution in [0.3, 0.4) is 0 Å². The molecular weight excluding hydrogens is 897 g/mol. The van der Waals surface area contributed by atoms with E-state index >= 15 is 0 Å². The summed E-state index contributed by atoms with van der Waals surface area (Å²) in [6.45, 7) is 35.0. The minimum absolute atomic E-state index is 0.0991. The first-order valence-electron chi connectivity index (χ1n) is 27.7. The summed E-state index contributed by atoms with van der Waals surface area (Å²) in [6.07, 6.45) is 12.0. The van der Waals surface area contributed by atoms with Gasteiger partial charge in [-0.3, -0.25) is 0 Å². The van der Waals surface area contributed by atoms with Crippen molar-refractivity contribution in [2.24, 2.45) is 29.6 Å². The lowest BCUT2D eigenvalue weighted by Crippen LogP contribution is -2.38. The molecule has 0 aliphatic heterocycles. The van der Waals surface area contributed by atoms with Crippen LogP contribution in [0.15, 0.2) is 0 Å². The van der Waals surface area contributed by atoms with Crippen molar-refractivity contribution in [2.75, 3.05) is 19.8 Å². The quantitative estimate of drug-likeness (QED) is 0.0290. The van der Waals surface area contributed by atoms with Gasteiger partial charge in [-0.25, -0.2) is 0 Å². The monoisotopic (exact) mass is 1020 g/mol. The molecule has 0 heterocycles. The predicted octanol–water partition coefficient (Wildman–Crippen LogP) is 8.44. The second kappa shape index (κ2) is 54.7. The molecule has 13 atom stereocenters. The Balaban J connectivity index is -0.000000132. The van der Waals surface area contributed by atoms with Crippen molar-refractivity contribution in [1.29, 1.82) is 0 Å². The Morgan fingerprint density at radius 3 is 1.26 bits per heavy atom. The minimum Gasteiger partial charge on any atom is -0.394 e. The Kier molecular flexibility index (Phi) is 65.2. The smallest absolute Gasteiger partial charge is 0.0877 e. The summed E-state index contributed by atoms with van der Waals surface area (Å²) in [7, 11) is 0.